The van der Waals surface area contributed by atoms with Gasteiger partial charge in [-0.3, -0.25) is 9.59 Å². The minimum Gasteiger partial charge on any atom is -0.336 e. The number of carbonyl (C=O) groups is 2. The molecule has 0 unspecified atom stereocenters. The maximum absolute atomic E-state index is 14.3. The van der Waals surface area contributed by atoms with Crippen molar-refractivity contribution >= 4 is 23.3 Å². The maximum Gasteiger partial charge on any atom is 0.293 e. The van der Waals surface area contributed by atoms with Crippen LogP contribution in [0.5, 0.6) is 0 Å². The van der Waals surface area contributed by atoms with E-state index >= 15 is 0 Å². The number of benzene rings is 2. The standard InChI is InChI=1S/C23H23ClFN5O2/c1-28(2)14-20-26-22(23(32)29-11-5-6-12-29)27-30(20)19-10-9-15(24)13-17(19)21(31)16-7-3-4-8-18(16)25/h3-4,7-10,13H,5-6,11-12,14H2,1-2H3. The summed E-state index contributed by atoms with van der Waals surface area (Å²) in [5, 5.41) is 4.80. The third-order valence-corrected chi connectivity index (χ3v) is 5.50. The first-order chi connectivity index (χ1) is 15.3. The number of amides is 1. The lowest BCUT2D eigenvalue weighted by Gasteiger charge is -2.14. The Morgan fingerprint density at radius 3 is 2.50 bits per heavy atom. The van der Waals surface area contributed by atoms with Crippen LogP contribution in [-0.4, -0.2) is 63.4 Å². The van der Waals surface area contributed by atoms with E-state index < -0.39 is 11.6 Å². The van der Waals surface area contributed by atoms with Gasteiger partial charge in [0.25, 0.3) is 5.91 Å². The number of aromatic nitrogens is 3. The Hall–Kier alpha value is -3.10. The predicted molar refractivity (Wildman–Crippen MR) is 119 cm³/mol. The highest BCUT2D eigenvalue weighted by molar-refractivity contribution is 6.31. The fourth-order valence-electron chi connectivity index (χ4n) is 3.74. The van der Waals surface area contributed by atoms with Gasteiger partial charge in [0, 0.05) is 23.7 Å². The van der Waals surface area contributed by atoms with Gasteiger partial charge in [-0.1, -0.05) is 23.7 Å². The fourth-order valence-corrected chi connectivity index (χ4v) is 3.91. The monoisotopic (exact) mass is 455 g/mol. The van der Waals surface area contributed by atoms with Crippen molar-refractivity contribution in [2.24, 2.45) is 0 Å². The van der Waals surface area contributed by atoms with Crippen LogP contribution >= 0.6 is 11.6 Å². The molecule has 9 heteroatoms. The van der Waals surface area contributed by atoms with E-state index in [-0.39, 0.29) is 22.9 Å². The molecule has 1 aromatic heterocycles. The van der Waals surface area contributed by atoms with E-state index in [1.54, 1.807) is 23.1 Å². The minimum absolute atomic E-state index is 0.0707. The summed E-state index contributed by atoms with van der Waals surface area (Å²) in [7, 11) is 3.74. The van der Waals surface area contributed by atoms with E-state index in [0.29, 0.717) is 36.2 Å². The number of ketones is 1. The van der Waals surface area contributed by atoms with Crippen molar-refractivity contribution in [1.82, 2.24) is 24.6 Å². The number of hydrogen-bond acceptors (Lipinski definition) is 5. The van der Waals surface area contributed by atoms with Gasteiger partial charge in [0.05, 0.1) is 17.8 Å². The first-order valence-corrected chi connectivity index (χ1v) is 10.7. The van der Waals surface area contributed by atoms with Crippen molar-refractivity contribution in [1.29, 1.82) is 0 Å². The van der Waals surface area contributed by atoms with Gasteiger partial charge in [0.15, 0.2) is 5.78 Å². The molecule has 1 saturated heterocycles. The number of rotatable bonds is 6. The zero-order valence-corrected chi connectivity index (χ0v) is 18.6. The quantitative estimate of drug-likeness (QED) is 0.531. The molecule has 2 aromatic carbocycles. The van der Waals surface area contributed by atoms with E-state index in [1.807, 2.05) is 19.0 Å². The molecule has 166 valence electrons. The van der Waals surface area contributed by atoms with E-state index in [1.165, 1.54) is 28.9 Å². The molecule has 1 aliphatic heterocycles. The molecule has 32 heavy (non-hydrogen) atoms. The predicted octanol–water partition coefficient (Wildman–Crippen LogP) is 3.59. The van der Waals surface area contributed by atoms with E-state index in [2.05, 4.69) is 10.1 Å². The Morgan fingerprint density at radius 1 is 1.09 bits per heavy atom. The number of likely N-dealkylation sites (tertiary alicyclic amines) is 1. The van der Waals surface area contributed by atoms with Crippen molar-refractivity contribution in [3.05, 3.63) is 76.1 Å². The molecule has 0 radical (unpaired) electrons. The number of halogens is 2. The summed E-state index contributed by atoms with van der Waals surface area (Å²) < 4.78 is 15.8. The molecular weight excluding hydrogens is 433 g/mol. The van der Waals surface area contributed by atoms with Crippen LogP contribution in [-0.2, 0) is 6.54 Å². The SMILES string of the molecule is CN(C)Cc1nc(C(=O)N2CCCC2)nn1-c1ccc(Cl)cc1C(=O)c1ccccc1F. The van der Waals surface area contributed by atoms with Crippen molar-refractivity contribution < 1.29 is 14.0 Å². The smallest absolute Gasteiger partial charge is 0.293 e. The largest absolute Gasteiger partial charge is 0.336 e. The molecule has 0 spiro atoms. The Labute approximate surface area is 190 Å². The van der Waals surface area contributed by atoms with Crippen molar-refractivity contribution in [3.8, 4) is 5.69 Å². The second-order valence-corrected chi connectivity index (χ2v) is 8.41. The third-order valence-electron chi connectivity index (χ3n) is 5.27. The van der Waals surface area contributed by atoms with Crippen molar-refractivity contribution in [2.45, 2.75) is 19.4 Å². The van der Waals surface area contributed by atoms with E-state index in [4.69, 9.17) is 11.6 Å². The van der Waals surface area contributed by atoms with Crippen LogP contribution in [0.3, 0.4) is 0 Å². The normalized spacial score (nSPS) is 13.7. The summed E-state index contributed by atoms with van der Waals surface area (Å²) in [6, 6.07) is 10.5. The van der Waals surface area contributed by atoms with Crippen molar-refractivity contribution in [2.75, 3.05) is 27.2 Å². The van der Waals surface area contributed by atoms with Crippen LogP contribution in [0, 0.1) is 5.82 Å². The highest BCUT2D eigenvalue weighted by Crippen LogP contribution is 2.25. The van der Waals surface area contributed by atoms with Gasteiger partial charge < -0.3 is 9.80 Å². The zero-order chi connectivity index (χ0) is 22.8. The molecule has 2 heterocycles. The molecule has 7 nitrogen and oxygen atoms in total. The lowest BCUT2D eigenvalue weighted by Crippen LogP contribution is -2.28. The first kappa shape index (κ1) is 22.1. The van der Waals surface area contributed by atoms with Gasteiger partial charge in [-0.05, 0) is 57.3 Å². The molecule has 3 aromatic rings. The molecule has 1 aliphatic rings. The lowest BCUT2D eigenvalue weighted by atomic mass is 10.0. The summed E-state index contributed by atoms with van der Waals surface area (Å²) in [6.45, 7) is 1.74. The second-order valence-electron chi connectivity index (χ2n) is 7.97. The van der Waals surface area contributed by atoms with Gasteiger partial charge in [-0.15, -0.1) is 5.10 Å². The highest BCUT2D eigenvalue weighted by atomic mass is 35.5. The van der Waals surface area contributed by atoms with Gasteiger partial charge in [-0.2, -0.15) is 0 Å². The summed E-state index contributed by atoms with van der Waals surface area (Å²) in [6.07, 6.45) is 1.91. The molecule has 0 bridgehead atoms. The summed E-state index contributed by atoms with van der Waals surface area (Å²) in [5.41, 5.74) is 0.485. The Balaban J connectivity index is 1.83. The van der Waals surface area contributed by atoms with Crippen molar-refractivity contribution in [3.63, 3.8) is 0 Å². The average molecular weight is 456 g/mol. The summed E-state index contributed by atoms with van der Waals surface area (Å²) in [5.74, 6) is -0.831. The molecule has 1 fully saturated rings. The van der Waals surface area contributed by atoms with E-state index in [9.17, 15) is 14.0 Å². The van der Waals surface area contributed by atoms with Crippen LogP contribution in [0.25, 0.3) is 5.69 Å². The summed E-state index contributed by atoms with van der Waals surface area (Å²) >= 11 is 6.18. The van der Waals surface area contributed by atoms with Crippen LogP contribution < -0.4 is 0 Å². The van der Waals surface area contributed by atoms with E-state index in [0.717, 1.165) is 12.8 Å². The Kier molecular flexibility index (Phi) is 6.34. The van der Waals surface area contributed by atoms with Crippen LogP contribution in [0.4, 0.5) is 4.39 Å². The molecule has 0 aliphatic carbocycles. The minimum atomic E-state index is -0.625. The van der Waals surface area contributed by atoms with Gasteiger partial charge >= 0.3 is 0 Å². The van der Waals surface area contributed by atoms with Gasteiger partial charge in [-0.25, -0.2) is 14.1 Å². The second kappa shape index (κ2) is 9.18. The highest BCUT2D eigenvalue weighted by Gasteiger charge is 2.27. The number of nitrogens with zero attached hydrogens (tertiary/aromatic N) is 5. The zero-order valence-electron chi connectivity index (χ0n) is 17.9. The molecule has 0 atom stereocenters. The number of carbonyl (C=O) groups excluding carboxylic acids is 2. The van der Waals surface area contributed by atoms with Gasteiger partial charge in [0.1, 0.15) is 11.6 Å². The molecule has 4 rings (SSSR count). The Bertz CT molecular complexity index is 1170. The molecular formula is C23H23ClFN5O2. The molecule has 1 amide bonds. The number of hydrogen-bond donors (Lipinski definition) is 0. The third kappa shape index (κ3) is 4.42. The van der Waals surface area contributed by atoms with Crippen LogP contribution in [0.15, 0.2) is 42.5 Å². The summed E-state index contributed by atoms with van der Waals surface area (Å²) in [4.78, 5) is 34.3. The Morgan fingerprint density at radius 2 is 1.81 bits per heavy atom. The average Bonchev–Trinajstić information content (AvgIpc) is 3.43. The molecule has 0 N–H and O–H groups in total. The van der Waals surface area contributed by atoms with Crippen LogP contribution in [0.2, 0.25) is 5.02 Å². The fraction of sp³-hybridized carbons (Fsp3) is 0.304. The first-order valence-electron chi connectivity index (χ1n) is 10.3. The van der Waals surface area contributed by atoms with Crippen LogP contribution in [0.1, 0.15) is 45.2 Å². The molecule has 0 saturated carbocycles. The van der Waals surface area contributed by atoms with Gasteiger partial charge in [0.2, 0.25) is 5.82 Å². The maximum atomic E-state index is 14.3. The lowest BCUT2D eigenvalue weighted by molar-refractivity contribution is 0.0780. The topological polar surface area (TPSA) is 71.3 Å².